The molecule has 0 aliphatic heterocycles. The number of hydrogen-bond acceptors (Lipinski definition) is 3. The summed E-state index contributed by atoms with van der Waals surface area (Å²) in [6.45, 7) is 3.89. The molecule has 0 bridgehead atoms. The van der Waals surface area contributed by atoms with Crippen molar-refractivity contribution in [1.29, 1.82) is 0 Å². The van der Waals surface area contributed by atoms with Gasteiger partial charge in [0.05, 0.1) is 5.69 Å². The lowest BCUT2D eigenvalue weighted by Crippen LogP contribution is -1.96. The molecule has 1 aromatic carbocycles. The Kier molecular flexibility index (Phi) is 2.56. The molecule has 0 amide bonds. The second-order valence-electron chi connectivity index (χ2n) is 3.87. The number of nitrogens with zero attached hydrogens (tertiary/aromatic N) is 2. The zero-order chi connectivity index (χ0) is 11.7. The van der Waals surface area contributed by atoms with Crippen LogP contribution in [0.3, 0.4) is 0 Å². The van der Waals surface area contributed by atoms with Gasteiger partial charge in [-0.05, 0) is 37.6 Å². The molecule has 1 heterocycles. The third kappa shape index (κ3) is 2.00. The summed E-state index contributed by atoms with van der Waals surface area (Å²) in [6, 6.07) is 7.50. The molecule has 0 aliphatic carbocycles. The molecule has 0 unspecified atom stereocenters. The quantitative estimate of drug-likeness (QED) is 0.786. The average molecular weight is 217 g/mol. The van der Waals surface area contributed by atoms with Crippen LogP contribution in [0.15, 0.2) is 24.3 Å². The molecule has 0 radical (unpaired) electrons. The third-order valence-corrected chi connectivity index (χ3v) is 2.42. The lowest BCUT2D eigenvalue weighted by Gasteiger charge is -2.07. The van der Waals surface area contributed by atoms with Crippen molar-refractivity contribution in [3.05, 3.63) is 35.5 Å². The Balaban J connectivity index is 2.27. The fourth-order valence-electron chi connectivity index (χ4n) is 1.51. The second-order valence-corrected chi connectivity index (χ2v) is 3.87. The minimum Gasteiger partial charge on any atom is -0.439 e. The molecular formula is C12H15N3O. The standard InChI is InChI=1S/C12H15N3O/c1-8-6-10(4-5-11(8)13)16-12-7-9(2)14-15(12)3/h4-7H,13H2,1-3H3. The maximum absolute atomic E-state index is 5.74. The smallest absolute Gasteiger partial charge is 0.217 e. The first-order chi connectivity index (χ1) is 7.56. The van der Waals surface area contributed by atoms with Gasteiger partial charge in [-0.2, -0.15) is 5.10 Å². The zero-order valence-electron chi connectivity index (χ0n) is 9.69. The number of nitrogens with two attached hydrogens (primary N) is 1. The third-order valence-electron chi connectivity index (χ3n) is 2.42. The number of benzene rings is 1. The maximum Gasteiger partial charge on any atom is 0.217 e. The SMILES string of the molecule is Cc1cc(Oc2ccc(N)c(C)c2)n(C)n1. The van der Waals surface area contributed by atoms with Crippen LogP contribution >= 0.6 is 0 Å². The van der Waals surface area contributed by atoms with Gasteiger partial charge in [-0.25, -0.2) is 4.68 Å². The normalized spacial score (nSPS) is 10.4. The topological polar surface area (TPSA) is 53.1 Å². The van der Waals surface area contributed by atoms with Gasteiger partial charge in [0.15, 0.2) is 0 Å². The van der Waals surface area contributed by atoms with E-state index < -0.39 is 0 Å². The van der Waals surface area contributed by atoms with E-state index in [2.05, 4.69) is 5.10 Å². The van der Waals surface area contributed by atoms with Gasteiger partial charge in [0.25, 0.3) is 0 Å². The van der Waals surface area contributed by atoms with E-state index in [-0.39, 0.29) is 0 Å². The van der Waals surface area contributed by atoms with E-state index in [0.29, 0.717) is 0 Å². The van der Waals surface area contributed by atoms with Gasteiger partial charge in [0.2, 0.25) is 5.88 Å². The Labute approximate surface area is 94.6 Å². The summed E-state index contributed by atoms with van der Waals surface area (Å²) < 4.78 is 7.42. The first-order valence-corrected chi connectivity index (χ1v) is 5.11. The van der Waals surface area contributed by atoms with Gasteiger partial charge < -0.3 is 10.5 Å². The van der Waals surface area contributed by atoms with Gasteiger partial charge in [0.1, 0.15) is 5.75 Å². The van der Waals surface area contributed by atoms with Crippen molar-refractivity contribution in [2.45, 2.75) is 13.8 Å². The summed E-state index contributed by atoms with van der Waals surface area (Å²) in [6.07, 6.45) is 0. The van der Waals surface area contributed by atoms with Crippen molar-refractivity contribution in [3.8, 4) is 11.6 Å². The average Bonchev–Trinajstić information content (AvgIpc) is 2.51. The zero-order valence-corrected chi connectivity index (χ0v) is 9.69. The van der Waals surface area contributed by atoms with E-state index in [0.717, 1.165) is 28.6 Å². The summed E-state index contributed by atoms with van der Waals surface area (Å²) in [5.41, 5.74) is 8.46. The van der Waals surface area contributed by atoms with Crippen LogP contribution < -0.4 is 10.5 Å². The van der Waals surface area contributed by atoms with Crippen molar-refractivity contribution >= 4 is 5.69 Å². The molecule has 1 aromatic heterocycles. The Morgan fingerprint density at radius 1 is 1.25 bits per heavy atom. The molecule has 4 nitrogen and oxygen atoms in total. The van der Waals surface area contributed by atoms with E-state index in [1.54, 1.807) is 4.68 Å². The Bertz CT molecular complexity index is 517. The van der Waals surface area contributed by atoms with Crippen molar-refractivity contribution in [1.82, 2.24) is 9.78 Å². The minimum absolute atomic E-state index is 0.724. The molecule has 2 N–H and O–H groups in total. The number of hydrogen-bond donors (Lipinski definition) is 1. The van der Waals surface area contributed by atoms with Crippen molar-refractivity contribution in [2.75, 3.05) is 5.73 Å². The predicted octanol–water partition coefficient (Wildman–Crippen LogP) is 2.41. The molecule has 0 aliphatic rings. The van der Waals surface area contributed by atoms with Gasteiger partial charge in [-0.3, -0.25) is 0 Å². The van der Waals surface area contributed by atoms with E-state index >= 15 is 0 Å². The van der Waals surface area contributed by atoms with E-state index in [1.165, 1.54) is 0 Å². The highest BCUT2D eigenvalue weighted by Crippen LogP contribution is 2.24. The maximum atomic E-state index is 5.74. The molecule has 2 aromatic rings. The van der Waals surface area contributed by atoms with Crippen LogP contribution in [0.5, 0.6) is 11.6 Å². The van der Waals surface area contributed by atoms with Gasteiger partial charge in [0, 0.05) is 18.8 Å². The van der Waals surface area contributed by atoms with Gasteiger partial charge in [-0.15, -0.1) is 0 Å². The van der Waals surface area contributed by atoms with Crippen LogP contribution in [0.4, 0.5) is 5.69 Å². The number of aromatic nitrogens is 2. The fourth-order valence-corrected chi connectivity index (χ4v) is 1.51. The van der Waals surface area contributed by atoms with Gasteiger partial charge in [-0.1, -0.05) is 0 Å². The highest BCUT2D eigenvalue weighted by atomic mass is 16.5. The Morgan fingerprint density at radius 3 is 2.56 bits per heavy atom. The summed E-state index contributed by atoms with van der Waals surface area (Å²) >= 11 is 0. The van der Waals surface area contributed by atoms with E-state index in [4.69, 9.17) is 10.5 Å². The lowest BCUT2D eigenvalue weighted by molar-refractivity contribution is 0.430. The monoisotopic (exact) mass is 217 g/mol. The van der Waals surface area contributed by atoms with E-state index in [9.17, 15) is 0 Å². The molecule has 0 atom stereocenters. The molecule has 0 fully saturated rings. The van der Waals surface area contributed by atoms with Crippen LogP contribution in [0.1, 0.15) is 11.3 Å². The predicted molar refractivity (Wildman–Crippen MR) is 63.6 cm³/mol. The number of anilines is 1. The van der Waals surface area contributed by atoms with Crippen LogP contribution in [-0.2, 0) is 7.05 Å². The number of ether oxygens (including phenoxy) is 1. The molecule has 16 heavy (non-hydrogen) atoms. The van der Waals surface area contributed by atoms with Crippen LogP contribution in [-0.4, -0.2) is 9.78 Å². The largest absolute Gasteiger partial charge is 0.439 e. The molecule has 0 spiro atoms. The summed E-state index contributed by atoms with van der Waals surface area (Å²) in [5.74, 6) is 1.50. The first kappa shape index (κ1) is 10.5. The first-order valence-electron chi connectivity index (χ1n) is 5.11. The highest BCUT2D eigenvalue weighted by Gasteiger charge is 2.05. The molecule has 0 saturated carbocycles. The highest BCUT2D eigenvalue weighted by molar-refractivity contribution is 5.50. The molecule has 2 rings (SSSR count). The van der Waals surface area contributed by atoms with Crippen molar-refractivity contribution < 1.29 is 4.74 Å². The number of aryl methyl sites for hydroxylation is 3. The van der Waals surface area contributed by atoms with Crippen molar-refractivity contribution in [3.63, 3.8) is 0 Å². The van der Waals surface area contributed by atoms with E-state index in [1.807, 2.05) is 45.2 Å². The molecule has 84 valence electrons. The fraction of sp³-hybridized carbons (Fsp3) is 0.250. The van der Waals surface area contributed by atoms with Crippen LogP contribution in [0.2, 0.25) is 0 Å². The van der Waals surface area contributed by atoms with Crippen LogP contribution in [0, 0.1) is 13.8 Å². The Morgan fingerprint density at radius 2 is 2.00 bits per heavy atom. The Hall–Kier alpha value is -1.97. The summed E-state index contributed by atoms with van der Waals surface area (Å²) in [4.78, 5) is 0. The number of rotatable bonds is 2. The molecular weight excluding hydrogens is 202 g/mol. The van der Waals surface area contributed by atoms with Crippen molar-refractivity contribution in [2.24, 2.45) is 7.05 Å². The van der Waals surface area contributed by atoms with Crippen LogP contribution in [0.25, 0.3) is 0 Å². The van der Waals surface area contributed by atoms with Gasteiger partial charge >= 0.3 is 0 Å². The summed E-state index contributed by atoms with van der Waals surface area (Å²) in [5, 5.41) is 4.21. The lowest BCUT2D eigenvalue weighted by atomic mass is 10.2. The second kappa shape index (κ2) is 3.89. The number of nitrogen functional groups attached to an aromatic ring is 1. The summed E-state index contributed by atoms with van der Waals surface area (Å²) in [7, 11) is 1.85. The molecule has 0 saturated heterocycles. The molecule has 4 heteroatoms. The minimum atomic E-state index is 0.724.